The molecular weight excluding hydrogens is 354 g/mol. The van der Waals surface area contributed by atoms with Crippen molar-refractivity contribution in [2.24, 2.45) is 7.05 Å². The highest BCUT2D eigenvalue weighted by atomic mass is 16.5. The van der Waals surface area contributed by atoms with Gasteiger partial charge in [0.05, 0.1) is 31.4 Å². The van der Waals surface area contributed by atoms with E-state index >= 15 is 0 Å². The van der Waals surface area contributed by atoms with E-state index in [1.54, 1.807) is 23.4 Å². The van der Waals surface area contributed by atoms with Gasteiger partial charge < -0.3 is 14.2 Å². The minimum absolute atomic E-state index is 0.193. The van der Waals surface area contributed by atoms with Crippen LogP contribution in [0.5, 0.6) is 0 Å². The Kier molecular flexibility index (Phi) is 4.69. The highest BCUT2D eigenvalue weighted by molar-refractivity contribution is 5.97. The molecule has 2 aromatic carbocycles. The average Bonchev–Trinajstić information content (AvgIpc) is 3.12. The van der Waals surface area contributed by atoms with Crippen LogP contribution in [0.4, 0.5) is 0 Å². The first-order chi connectivity index (χ1) is 13.6. The van der Waals surface area contributed by atoms with Gasteiger partial charge in [-0.3, -0.25) is 4.79 Å². The van der Waals surface area contributed by atoms with Crippen LogP contribution >= 0.6 is 0 Å². The van der Waals surface area contributed by atoms with E-state index < -0.39 is 12.0 Å². The lowest BCUT2D eigenvalue weighted by atomic mass is 9.99. The molecule has 1 amide bonds. The fourth-order valence-corrected chi connectivity index (χ4v) is 3.60. The second-order valence-corrected chi connectivity index (χ2v) is 6.87. The summed E-state index contributed by atoms with van der Waals surface area (Å²) in [5.74, 6) is -0.618. The molecule has 6 heteroatoms. The molecular formula is C22H21N3O3. The van der Waals surface area contributed by atoms with Crippen LogP contribution in [0.15, 0.2) is 60.9 Å². The molecule has 142 valence electrons. The third-order valence-electron chi connectivity index (χ3n) is 5.20. The molecule has 1 aromatic heterocycles. The lowest BCUT2D eigenvalue weighted by Gasteiger charge is -2.33. The standard InChI is InChI=1S/C22H21N3O3/c1-24-14-23-18-12-19(22(27)28-2)25(13-20(18)24)21(26)17-10-8-16(9-11-17)15-6-4-3-5-7-15/h3-11,14,19H,12-13H2,1-2H3/t19-/m0/s1. The number of benzene rings is 2. The Hall–Kier alpha value is -3.41. The van der Waals surface area contributed by atoms with Gasteiger partial charge in [0.25, 0.3) is 5.91 Å². The number of aromatic nitrogens is 2. The molecule has 4 rings (SSSR count). The Morgan fingerprint density at radius 2 is 1.71 bits per heavy atom. The molecule has 1 aliphatic rings. The van der Waals surface area contributed by atoms with E-state index in [2.05, 4.69) is 4.98 Å². The highest BCUT2D eigenvalue weighted by Gasteiger charge is 2.37. The fraction of sp³-hybridized carbons (Fsp3) is 0.227. The summed E-state index contributed by atoms with van der Waals surface area (Å²) in [4.78, 5) is 31.5. The van der Waals surface area contributed by atoms with Crippen LogP contribution in [-0.4, -0.2) is 39.5 Å². The van der Waals surface area contributed by atoms with Crippen molar-refractivity contribution in [2.45, 2.75) is 19.0 Å². The zero-order chi connectivity index (χ0) is 19.7. The van der Waals surface area contributed by atoms with Crippen LogP contribution in [0.2, 0.25) is 0 Å². The van der Waals surface area contributed by atoms with Crippen LogP contribution in [-0.2, 0) is 29.5 Å². The van der Waals surface area contributed by atoms with E-state index in [4.69, 9.17) is 4.74 Å². The van der Waals surface area contributed by atoms with Gasteiger partial charge in [0, 0.05) is 19.0 Å². The minimum Gasteiger partial charge on any atom is -0.467 e. The van der Waals surface area contributed by atoms with Crippen LogP contribution in [0.3, 0.4) is 0 Å². The number of hydrogen-bond donors (Lipinski definition) is 0. The minimum atomic E-state index is -0.673. The molecule has 0 N–H and O–H groups in total. The quantitative estimate of drug-likeness (QED) is 0.661. The predicted molar refractivity (Wildman–Crippen MR) is 104 cm³/mol. The summed E-state index contributed by atoms with van der Waals surface area (Å²) in [6.45, 7) is 0.324. The number of methoxy groups -OCH3 is 1. The summed E-state index contributed by atoms with van der Waals surface area (Å²) >= 11 is 0. The summed E-state index contributed by atoms with van der Waals surface area (Å²) in [5.41, 5.74) is 4.44. The van der Waals surface area contributed by atoms with Crippen LogP contribution in [0.1, 0.15) is 21.7 Å². The molecule has 0 fully saturated rings. The van der Waals surface area contributed by atoms with E-state index in [0.29, 0.717) is 18.5 Å². The number of esters is 1. The maximum Gasteiger partial charge on any atom is 0.329 e. The van der Waals surface area contributed by atoms with Crippen molar-refractivity contribution in [3.8, 4) is 11.1 Å². The number of carbonyl (C=O) groups excluding carboxylic acids is 2. The number of nitrogens with zero attached hydrogens (tertiary/aromatic N) is 3. The maximum atomic E-state index is 13.2. The van der Waals surface area contributed by atoms with Crippen molar-refractivity contribution in [3.05, 3.63) is 77.9 Å². The van der Waals surface area contributed by atoms with Crippen molar-refractivity contribution in [2.75, 3.05) is 7.11 Å². The first kappa shape index (κ1) is 18.0. The first-order valence-electron chi connectivity index (χ1n) is 9.12. The third kappa shape index (κ3) is 3.17. The molecule has 2 heterocycles. The molecule has 0 saturated heterocycles. The Labute approximate surface area is 163 Å². The van der Waals surface area contributed by atoms with Crippen molar-refractivity contribution in [1.82, 2.24) is 14.5 Å². The van der Waals surface area contributed by atoms with Gasteiger partial charge in [0.15, 0.2) is 0 Å². The third-order valence-corrected chi connectivity index (χ3v) is 5.20. The number of hydrogen-bond acceptors (Lipinski definition) is 4. The van der Waals surface area contributed by atoms with Gasteiger partial charge in [-0.15, -0.1) is 0 Å². The van der Waals surface area contributed by atoms with Gasteiger partial charge in [0.2, 0.25) is 0 Å². The second-order valence-electron chi connectivity index (χ2n) is 6.87. The number of ether oxygens (including phenoxy) is 1. The Bertz CT molecular complexity index is 1010. The molecule has 0 unspecified atom stereocenters. The summed E-state index contributed by atoms with van der Waals surface area (Å²) in [6, 6.07) is 16.8. The molecule has 0 radical (unpaired) electrons. The van der Waals surface area contributed by atoms with E-state index in [1.165, 1.54) is 7.11 Å². The monoisotopic (exact) mass is 375 g/mol. The van der Waals surface area contributed by atoms with E-state index in [9.17, 15) is 9.59 Å². The molecule has 0 aliphatic carbocycles. The second kappa shape index (κ2) is 7.31. The summed E-state index contributed by atoms with van der Waals surface area (Å²) < 4.78 is 6.83. The zero-order valence-corrected chi connectivity index (χ0v) is 15.8. The average molecular weight is 375 g/mol. The lowest BCUT2D eigenvalue weighted by Crippen LogP contribution is -2.49. The van der Waals surface area contributed by atoms with Crippen molar-refractivity contribution in [3.63, 3.8) is 0 Å². The molecule has 0 saturated carbocycles. The summed E-state index contributed by atoms with van der Waals surface area (Å²) in [5, 5.41) is 0. The van der Waals surface area contributed by atoms with Crippen molar-refractivity contribution < 1.29 is 14.3 Å². The van der Waals surface area contributed by atoms with E-state index in [1.807, 2.05) is 54.1 Å². The number of rotatable bonds is 3. The number of imidazole rings is 1. The molecule has 1 aliphatic heterocycles. The van der Waals surface area contributed by atoms with E-state index in [0.717, 1.165) is 22.5 Å². The molecule has 6 nitrogen and oxygen atoms in total. The van der Waals surface area contributed by atoms with E-state index in [-0.39, 0.29) is 5.91 Å². The molecule has 3 aromatic rings. The number of aryl methyl sites for hydroxylation is 1. The smallest absolute Gasteiger partial charge is 0.329 e. The van der Waals surface area contributed by atoms with Gasteiger partial charge in [-0.05, 0) is 23.3 Å². The molecule has 1 atom stereocenters. The number of amides is 1. The Morgan fingerprint density at radius 3 is 2.39 bits per heavy atom. The largest absolute Gasteiger partial charge is 0.467 e. The van der Waals surface area contributed by atoms with Gasteiger partial charge in [-0.25, -0.2) is 9.78 Å². The number of fused-ring (bicyclic) bond motifs is 1. The molecule has 0 bridgehead atoms. The Morgan fingerprint density at radius 1 is 1.04 bits per heavy atom. The van der Waals surface area contributed by atoms with Crippen molar-refractivity contribution in [1.29, 1.82) is 0 Å². The van der Waals surface area contributed by atoms with Crippen LogP contribution in [0, 0.1) is 0 Å². The Balaban J connectivity index is 1.63. The topological polar surface area (TPSA) is 64.4 Å². The van der Waals surface area contributed by atoms with Gasteiger partial charge >= 0.3 is 5.97 Å². The predicted octanol–water partition coefficient (Wildman–Crippen LogP) is 2.83. The van der Waals surface area contributed by atoms with Crippen LogP contribution in [0.25, 0.3) is 11.1 Å². The van der Waals surface area contributed by atoms with Gasteiger partial charge in [-0.2, -0.15) is 0 Å². The van der Waals surface area contributed by atoms with Crippen LogP contribution < -0.4 is 0 Å². The fourth-order valence-electron chi connectivity index (χ4n) is 3.60. The summed E-state index contributed by atoms with van der Waals surface area (Å²) in [6.07, 6.45) is 2.07. The SMILES string of the molecule is COC(=O)[C@@H]1Cc2ncn(C)c2CN1C(=O)c1ccc(-c2ccccc2)cc1. The molecule has 0 spiro atoms. The maximum absolute atomic E-state index is 13.2. The normalized spacial score (nSPS) is 15.8. The zero-order valence-electron chi connectivity index (χ0n) is 15.8. The van der Waals surface area contributed by atoms with Crippen molar-refractivity contribution >= 4 is 11.9 Å². The number of carbonyl (C=O) groups is 2. The lowest BCUT2D eigenvalue weighted by molar-refractivity contribution is -0.146. The highest BCUT2D eigenvalue weighted by Crippen LogP contribution is 2.26. The first-order valence-corrected chi connectivity index (χ1v) is 9.12. The molecule has 28 heavy (non-hydrogen) atoms. The van der Waals surface area contributed by atoms with Gasteiger partial charge in [0.1, 0.15) is 6.04 Å². The summed E-state index contributed by atoms with van der Waals surface area (Å²) in [7, 11) is 3.23. The van der Waals surface area contributed by atoms with Gasteiger partial charge in [-0.1, -0.05) is 42.5 Å².